The number of H-pyrrole nitrogens is 1. The molecule has 3 aromatic rings. The molecule has 1 heterocycles. The van der Waals surface area contributed by atoms with Crippen LogP contribution in [-0.2, 0) is 12.8 Å². The van der Waals surface area contributed by atoms with Crippen LogP contribution in [0.1, 0.15) is 11.1 Å². The molecule has 5 heteroatoms. The number of nitrogens with one attached hydrogen (secondary N) is 1. The summed E-state index contributed by atoms with van der Waals surface area (Å²) in [5.74, 6) is 0.851. The number of hydrogen-bond acceptors (Lipinski definition) is 2. The molecular weight excluding hydrogens is 286 g/mol. The van der Waals surface area contributed by atoms with Crippen molar-refractivity contribution in [3.05, 3.63) is 59.7 Å². The maximum Gasteiger partial charge on any atom is 0.387 e. The van der Waals surface area contributed by atoms with Crippen LogP contribution in [-0.4, -0.2) is 11.6 Å². The van der Waals surface area contributed by atoms with E-state index in [2.05, 4.69) is 9.72 Å². The van der Waals surface area contributed by atoms with Crippen LogP contribution in [0, 0.1) is 0 Å². The van der Waals surface area contributed by atoms with Crippen LogP contribution < -0.4 is 10.5 Å². The number of nitrogen functional groups attached to an aromatic ring is 1. The summed E-state index contributed by atoms with van der Waals surface area (Å²) in [5.41, 5.74) is 9.20. The molecule has 3 nitrogen and oxygen atoms in total. The number of hydrogen-bond donors (Lipinski definition) is 2. The Bertz CT molecular complexity index is 766. The highest BCUT2D eigenvalue weighted by atomic mass is 19.3. The number of ether oxygens (including phenoxy) is 1. The Morgan fingerprint density at radius 2 is 1.73 bits per heavy atom. The van der Waals surface area contributed by atoms with Crippen molar-refractivity contribution in [2.24, 2.45) is 0 Å². The van der Waals surface area contributed by atoms with E-state index in [-0.39, 0.29) is 5.75 Å². The number of benzene rings is 2. The van der Waals surface area contributed by atoms with Crippen LogP contribution in [0.3, 0.4) is 0 Å². The van der Waals surface area contributed by atoms with Crippen molar-refractivity contribution >= 4 is 16.7 Å². The number of rotatable bonds is 5. The molecule has 3 N–H and O–H groups in total. The fourth-order valence-electron chi connectivity index (χ4n) is 2.60. The Balaban J connectivity index is 1.72. The van der Waals surface area contributed by atoms with Crippen molar-refractivity contribution in [3.63, 3.8) is 0 Å². The fraction of sp³-hybridized carbons (Fsp3) is 0.176. The van der Waals surface area contributed by atoms with E-state index in [0.29, 0.717) is 5.82 Å². The monoisotopic (exact) mass is 302 g/mol. The number of para-hydroxylation sites is 1. The van der Waals surface area contributed by atoms with Gasteiger partial charge in [-0.3, -0.25) is 0 Å². The van der Waals surface area contributed by atoms with Crippen molar-refractivity contribution in [3.8, 4) is 5.75 Å². The summed E-state index contributed by atoms with van der Waals surface area (Å²) in [6, 6.07) is 14.7. The topological polar surface area (TPSA) is 51.0 Å². The second-order valence-corrected chi connectivity index (χ2v) is 5.09. The minimum Gasteiger partial charge on any atom is -0.435 e. The average molecular weight is 302 g/mol. The number of halogens is 2. The van der Waals surface area contributed by atoms with Gasteiger partial charge in [-0.1, -0.05) is 30.3 Å². The van der Waals surface area contributed by atoms with Crippen LogP contribution in [0.2, 0.25) is 0 Å². The first-order valence-electron chi connectivity index (χ1n) is 7.02. The lowest BCUT2D eigenvalue weighted by Gasteiger charge is -2.06. The Labute approximate surface area is 126 Å². The summed E-state index contributed by atoms with van der Waals surface area (Å²) in [7, 11) is 0. The van der Waals surface area contributed by atoms with E-state index in [0.717, 1.165) is 34.9 Å². The van der Waals surface area contributed by atoms with Crippen molar-refractivity contribution < 1.29 is 13.5 Å². The summed E-state index contributed by atoms with van der Waals surface area (Å²) in [4.78, 5) is 3.17. The lowest BCUT2D eigenvalue weighted by molar-refractivity contribution is -0.0498. The maximum atomic E-state index is 12.1. The Hall–Kier alpha value is -2.56. The van der Waals surface area contributed by atoms with Gasteiger partial charge in [-0.15, -0.1) is 0 Å². The van der Waals surface area contributed by atoms with E-state index in [9.17, 15) is 8.78 Å². The Morgan fingerprint density at radius 3 is 2.45 bits per heavy atom. The molecular formula is C17H16F2N2O. The SMILES string of the molecule is Nc1[nH]c2ccccc2c1CCc1ccc(OC(F)F)cc1. The smallest absolute Gasteiger partial charge is 0.387 e. The third-order valence-electron chi connectivity index (χ3n) is 3.66. The van der Waals surface area contributed by atoms with Crippen LogP contribution >= 0.6 is 0 Å². The summed E-state index contributed by atoms with van der Waals surface area (Å²) in [6.45, 7) is -2.79. The molecule has 2 aromatic carbocycles. The van der Waals surface area contributed by atoms with Crippen molar-refractivity contribution in [2.45, 2.75) is 19.5 Å². The molecule has 0 spiro atoms. The standard InChI is InChI=1S/C17H16F2N2O/c18-17(19)22-12-8-5-11(6-9-12)7-10-14-13-3-1-2-4-15(13)21-16(14)20/h1-6,8-9,17,21H,7,10,20H2. The lowest BCUT2D eigenvalue weighted by atomic mass is 10.0. The van der Waals surface area contributed by atoms with Crippen molar-refractivity contribution in [1.82, 2.24) is 4.98 Å². The van der Waals surface area contributed by atoms with Gasteiger partial charge in [-0.05, 0) is 36.6 Å². The molecule has 0 bridgehead atoms. The van der Waals surface area contributed by atoms with Gasteiger partial charge in [0.2, 0.25) is 0 Å². The highest BCUT2D eigenvalue weighted by molar-refractivity contribution is 5.88. The van der Waals surface area contributed by atoms with Gasteiger partial charge < -0.3 is 15.5 Å². The van der Waals surface area contributed by atoms with E-state index in [1.54, 1.807) is 24.3 Å². The number of aromatic nitrogens is 1. The molecule has 1 aromatic heterocycles. The first kappa shape index (κ1) is 14.4. The molecule has 0 radical (unpaired) electrons. The molecule has 0 aliphatic heterocycles. The number of nitrogens with two attached hydrogens (primary N) is 1. The molecule has 0 fully saturated rings. The van der Waals surface area contributed by atoms with E-state index < -0.39 is 6.61 Å². The minimum absolute atomic E-state index is 0.172. The van der Waals surface area contributed by atoms with Crippen LogP contribution in [0.25, 0.3) is 10.9 Å². The van der Waals surface area contributed by atoms with Gasteiger partial charge in [-0.25, -0.2) is 0 Å². The van der Waals surface area contributed by atoms with E-state index in [4.69, 9.17) is 5.73 Å². The van der Waals surface area contributed by atoms with E-state index in [1.807, 2.05) is 24.3 Å². The predicted octanol–water partition coefficient (Wildman–Crippen LogP) is 4.14. The van der Waals surface area contributed by atoms with Gasteiger partial charge >= 0.3 is 6.61 Å². The van der Waals surface area contributed by atoms with Gasteiger partial charge in [-0.2, -0.15) is 8.78 Å². The Kier molecular flexibility index (Phi) is 3.96. The quantitative estimate of drug-likeness (QED) is 0.744. The second kappa shape index (κ2) is 6.05. The predicted molar refractivity (Wildman–Crippen MR) is 83.2 cm³/mol. The molecule has 22 heavy (non-hydrogen) atoms. The van der Waals surface area contributed by atoms with Crippen LogP contribution in [0.4, 0.5) is 14.6 Å². The van der Waals surface area contributed by atoms with Crippen molar-refractivity contribution in [2.75, 3.05) is 5.73 Å². The first-order chi connectivity index (χ1) is 10.6. The normalized spacial score (nSPS) is 11.2. The molecule has 114 valence electrons. The first-order valence-corrected chi connectivity index (χ1v) is 7.02. The summed E-state index contributed by atoms with van der Waals surface area (Å²) >= 11 is 0. The van der Waals surface area contributed by atoms with Crippen LogP contribution in [0.15, 0.2) is 48.5 Å². The molecule has 0 unspecified atom stereocenters. The maximum absolute atomic E-state index is 12.1. The largest absolute Gasteiger partial charge is 0.435 e. The fourth-order valence-corrected chi connectivity index (χ4v) is 2.60. The zero-order chi connectivity index (χ0) is 15.5. The minimum atomic E-state index is -2.79. The molecule has 3 rings (SSSR count). The van der Waals surface area contributed by atoms with Gasteiger partial charge in [0.15, 0.2) is 0 Å². The molecule has 0 atom stereocenters. The van der Waals surface area contributed by atoms with Crippen molar-refractivity contribution in [1.29, 1.82) is 0 Å². The van der Waals surface area contributed by atoms with E-state index in [1.165, 1.54) is 0 Å². The lowest BCUT2D eigenvalue weighted by Crippen LogP contribution is -2.02. The molecule has 0 amide bonds. The molecule has 0 aliphatic rings. The number of anilines is 1. The van der Waals surface area contributed by atoms with E-state index >= 15 is 0 Å². The number of fused-ring (bicyclic) bond motifs is 1. The summed E-state index contributed by atoms with van der Waals surface area (Å²) in [5, 5.41) is 1.12. The van der Waals surface area contributed by atoms with Gasteiger partial charge in [0.1, 0.15) is 11.6 Å². The Morgan fingerprint density at radius 1 is 1.00 bits per heavy atom. The molecule has 0 aliphatic carbocycles. The number of alkyl halides is 2. The molecule has 0 saturated heterocycles. The third kappa shape index (κ3) is 3.03. The van der Waals surface area contributed by atoms with Gasteiger partial charge in [0, 0.05) is 16.5 Å². The highest BCUT2D eigenvalue weighted by Gasteiger charge is 2.09. The van der Waals surface area contributed by atoms with Crippen LogP contribution in [0.5, 0.6) is 5.75 Å². The summed E-state index contributed by atoms with van der Waals surface area (Å²) in [6.07, 6.45) is 1.56. The average Bonchev–Trinajstić information content (AvgIpc) is 2.81. The molecule has 0 saturated carbocycles. The highest BCUT2D eigenvalue weighted by Crippen LogP contribution is 2.25. The zero-order valence-corrected chi connectivity index (χ0v) is 11.9. The van der Waals surface area contributed by atoms with Gasteiger partial charge in [0.05, 0.1) is 0 Å². The van der Waals surface area contributed by atoms with Gasteiger partial charge in [0.25, 0.3) is 0 Å². The summed E-state index contributed by atoms with van der Waals surface area (Å²) < 4.78 is 28.6. The number of aryl methyl sites for hydroxylation is 2. The number of aromatic amines is 1. The third-order valence-corrected chi connectivity index (χ3v) is 3.66. The second-order valence-electron chi connectivity index (χ2n) is 5.09. The zero-order valence-electron chi connectivity index (χ0n) is 11.9.